The maximum Gasteiger partial charge on any atom is 0.492 e. The number of amides is 1. The van der Waals surface area contributed by atoms with Crippen LogP contribution in [0.25, 0.3) is 6.08 Å². The highest BCUT2D eigenvalue weighted by Crippen LogP contribution is 2.38. The zero-order valence-corrected chi connectivity index (χ0v) is 17.6. The Labute approximate surface area is 167 Å². The van der Waals surface area contributed by atoms with Gasteiger partial charge in [-0.05, 0) is 72.1 Å². The van der Waals surface area contributed by atoms with Crippen LogP contribution >= 0.6 is 0 Å². The number of rotatable bonds is 4. The fourth-order valence-corrected chi connectivity index (χ4v) is 2.47. The molecule has 150 valence electrons. The fraction of sp³-hybridized carbons (Fsp3) is 0.550. The summed E-state index contributed by atoms with van der Waals surface area (Å²) in [6, 6.07) is 7.18. The number of nitrogens with one attached hydrogen (secondary N) is 1. The Bertz CT molecular complexity index is 790. The van der Waals surface area contributed by atoms with Gasteiger partial charge in [0.2, 0.25) is 0 Å². The first kappa shape index (κ1) is 21.9. The first-order chi connectivity index (χ1) is 12.8. The van der Waals surface area contributed by atoms with Crippen molar-refractivity contribution in [2.24, 2.45) is 0 Å². The average Bonchev–Trinajstić information content (AvgIpc) is 2.77. The fourth-order valence-electron chi connectivity index (χ4n) is 2.47. The summed E-state index contributed by atoms with van der Waals surface area (Å²) in [5, 5.41) is 11.8. The van der Waals surface area contributed by atoms with Gasteiger partial charge in [-0.3, -0.25) is 0 Å². The Morgan fingerprint density at radius 3 is 2.43 bits per heavy atom. The second-order valence-electron chi connectivity index (χ2n) is 8.72. The van der Waals surface area contributed by atoms with Gasteiger partial charge in [0.1, 0.15) is 17.4 Å². The standard InChI is InChI=1S/C20H28BN3O4/c1-18(2,3)26-17(25)23-13-14(11-15-9-8-10-16(12-22)24-15)21-27-19(4,5)20(6,7)28-21/h8-11H,13H2,1-7H3,(H,23,25). The third kappa shape index (κ3) is 5.57. The zero-order chi connectivity index (χ0) is 21.2. The summed E-state index contributed by atoms with van der Waals surface area (Å²) in [6.07, 6.45) is 1.23. The van der Waals surface area contributed by atoms with Crippen LogP contribution in [0.2, 0.25) is 0 Å². The molecule has 0 atom stereocenters. The minimum Gasteiger partial charge on any atom is -0.444 e. The Kier molecular flexibility index (Phi) is 6.22. The smallest absolute Gasteiger partial charge is 0.444 e. The van der Waals surface area contributed by atoms with Crippen molar-refractivity contribution < 1.29 is 18.8 Å². The maximum absolute atomic E-state index is 12.1. The molecular weight excluding hydrogens is 357 g/mol. The second kappa shape index (κ2) is 7.94. The SMILES string of the molecule is CC(C)(C)OC(=O)NCC(=Cc1cccc(C#N)n1)B1OC(C)(C)C(C)(C)O1. The molecule has 1 amide bonds. The largest absolute Gasteiger partial charge is 0.492 e. The summed E-state index contributed by atoms with van der Waals surface area (Å²) >= 11 is 0. The van der Waals surface area contributed by atoms with Gasteiger partial charge in [-0.2, -0.15) is 5.26 Å². The Hall–Kier alpha value is -2.37. The molecular formula is C20H28BN3O4. The van der Waals surface area contributed by atoms with Crippen LogP contribution < -0.4 is 5.32 Å². The molecule has 0 radical (unpaired) electrons. The number of alkyl carbamates (subject to hydrolysis) is 1. The van der Waals surface area contributed by atoms with Gasteiger partial charge in [0, 0.05) is 6.54 Å². The van der Waals surface area contributed by atoms with Crippen LogP contribution in [-0.4, -0.2) is 41.5 Å². The molecule has 0 aromatic carbocycles. The van der Waals surface area contributed by atoms with Gasteiger partial charge in [-0.15, -0.1) is 0 Å². The number of nitriles is 1. The van der Waals surface area contributed by atoms with E-state index in [9.17, 15) is 4.79 Å². The molecule has 0 bridgehead atoms. The molecule has 2 rings (SSSR count). The van der Waals surface area contributed by atoms with E-state index in [2.05, 4.69) is 10.3 Å². The number of ether oxygens (including phenoxy) is 1. The van der Waals surface area contributed by atoms with Gasteiger partial charge in [-0.1, -0.05) is 6.07 Å². The topological polar surface area (TPSA) is 93.5 Å². The van der Waals surface area contributed by atoms with Gasteiger partial charge in [0.05, 0.1) is 16.9 Å². The van der Waals surface area contributed by atoms with Gasteiger partial charge < -0.3 is 19.4 Å². The lowest BCUT2D eigenvalue weighted by atomic mass is 9.77. The third-order valence-corrected chi connectivity index (χ3v) is 4.61. The van der Waals surface area contributed by atoms with Crippen molar-refractivity contribution in [2.45, 2.75) is 65.3 Å². The van der Waals surface area contributed by atoms with E-state index in [0.29, 0.717) is 16.9 Å². The average molecular weight is 385 g/mol. The van der Waals surface area contributed by atoms with Crippen LogP contribution in [0.5, 0.6) is 0 Å². The van der Waals surface area contributed by atoms with Crippen LogP contribution in [0.3, 0.4) is 0 Å². The van der Waals surface area contributed by atoms with Crippen molar-refractivity contribution in [2.75, 3.05) is 6.54 Å². The van der Waals surface area contributed by atoms with Crippen LogP contribution in [0, 0.1) is 11.3 Å². The highest BCUT2D eigenvalue weighted by atomic mass is 16.7. The molecule has 1 aliphatic rings. The molecule has 1 aromatic rings. The molecule has 1 aromatic heterocycles. The van der Waals surface area contributed by atoms with Gasteiger partial charge >= 0.3 is 13.2 Å². The highest BCUT2D eigenvalue weighted by Gasteiger charge is 2.52. The minimum atomic E-state index is -0.660. The number of hydrogen-bond acceptors (Lipinski definition) is 6. The van der Waals surface area contributed by atoms with Gasteiger partial charge in [-0.25, -0.2) is 9.78 Å². The number of hydrogen-bond donors (Lipinski definition) is 1. The predicted molar refractivity (Wildman–Crippen MR) is 107 cm³/mol. The summed E-state index contributed by atoms with van der Waals surface area (Å²) in [4.78, 5) is 16.4. The predicted octanol–water partition coefficient (Wildman–Crippen LogP) is 3.49. The van der Waals surface area contributed by atoms with E-state index >= 15 is 0 Å². The number of carbonyl (C=O) groups excluding carboxylic acids is 1. The Morgan fingerprint density at radius 1 is 1.29 bits per heavy atom. The Balaban J connectivity index is 2.27. The first-order valence-corrected chi connectivity index (χ1v) is 9.23. The summed E-state index contributed by atoms with van der Waals surface area (Å²) in [6.45, 7) is 13.4. The van der Waals surface area contributed by atoms with Crippen molar-refractivity contribution >= 4 is 19.3 Å². The van der Waals surface area contributed by atoms with Crippen LogP contribution in [0.1, 0.15) is 59.9 Å². The van der Waals surface area contributed by atoms with Crippen molar-refractivity contribution in [1.82, 2.24) is 10.3 Å². The van der Waals surface area contributed by atoms with E-state index in [0.717, 1.165) is 0 Å². The highest BCUT2D eigenvalue weighted by molar-refractivity contribution is 6.56. The van der Waals surface area contributed by atoms with E-state index < -0.39 is 30.0 Å². The molecule has 1 aliphatic heterocycles. The summed E-state index contributed by atoms with van der Waals surface area (Å²) < 4.78 is 17.5. The number of aromatic nitrogens is 1. The van der Waals surface area contributed by atoms with E-state index in [4.69, 9.17) is 19.3 Å². The molecule has 28 heavy (non-hydrogen) atoms. The maximum atomic E-state index is 12.1. The molecule has 1 N–H and O–H groups in total. The zero-order valence-electron chi connectivity index (χ0n) is 17.6. The van der Waals surface area contributed by atoms with Crippen molar-refractivity contribution in [1.29, 1.82) is 5.26 Å². The number of pyridine rings is 1. The second-order valence-corrected chi connectivity index (χ2v) is 8.72. The van der Waals surface area contributed by atoms with E-state index in [1.807, 2.05) is 33.8 Å². The summed E-state index contributed by atoms with van der Waals surface area (Å²) in [7, 11) is -0.660. The molecule has 7 nitrogen and oxygen atoms in total. The van der Waals surface area contributed by atoms with E-state index in [-0.39, 0.29) is 6.54 Å². The number of carbonyl (C=O) groups is 1. The summed E-state index contributed by atoms with van der Waals surface area (Å²) in [5.41, 5.74) is -0.0834. The van der Waals surface area contributed by atoms with E-state index in [1.165, 1.54) is 0 Å². The number of nitrogens with zero attached hydrogens (tertiary/aromatic N) is 2. The molecule has 0 saturated carbocycles. The Morgan fingerprint density at radius 2 is 1.89 bits per heavy atom. The molecule has 0 unspecified atom stereocenters. The first-order valence-electron chi connectivity index (χ1n) is 9.23. The monoisotopic (exact) mass is 385 g/mol. The molecule has 2 heterocycles. The molecule has 8 heteroatoms. The minimum absolute atomic E-state index is 0.157. The lowest BCUT2D eigenvalue weighted by molar-refractivity contribution is 0.00578. The van der Waals surface area contributed by atoms with Crippen molar-refractivity contribution in [3.63, 3.8) is 0 Å². The molecule has 1 fully saturated rings. The van der Waals surface area contributed by atoms with Crippen LogP contribution in [0.15, 0.2) is 23.7 Å². The van der Waals surface area contributed by atoms with Crippen molar-refractivity contribution in [3.05, 3.63) is 35.1 Å². The quantitative estimate of drug-likeness (QED) is 0.798. The van der Waals surface area contributed by atoms with E-state index in [1.54, 1.807) is 45.0 Å². The lowest BCUT2D eigenvalue weighted by Gasteiger charge is -2.32. The van der Waals surface area contributed by atoms with Gasteiger partial charge in [0.25, 0.3) is 0 Å². The van der Waals surface area contributed by atoms with Crippen LogP contribution in [-0.2, 0) is 14.0 Å². The van der Waals surface area contributed by atoms with Crippen molar-refractivity contribution in [3.8, 4) is 6.07 Å². The normalized spacial score (nSPS) is 18.5. The molecule has 0 aliphatic carbocycles. The summed E-state index contributed by atoms with van der Waals surface area (Å²) in [5.74, 6) is 0. The van der Waals surface area contributed by atoms with Crippen LogP contribution in [0.4, 0.5) is 4.79 Å². The molecule has 0 spiro atoms. The molecule has 1 saturated heterocycles. The lowest BCUT2D eigenvalue weighted by Crippen LogP contribution is -2.41. The van der Waals surface area contributed by atoms with Gasteiger partial charge in [0.15, 0.2) is 0 Å². The third-order valence-electron chi connectivity index (χ3n) is 4.61.